The van der Waals surface area contributed by atoms with Gasteiger partial charge in [0, 0.05) is 12.1 Å². The van der Waals surface area contributed by atoms with Crippen molar-refractivity contribution < 1.29 is 21.6 Å². The highest BCUT2D eigenvalue weighted by atomic mass is 32.2. The zero-order valence-electron chi connectivity index (χ0n) is 16.0. The molecule has 0 fully saturated rings. The minimum absolute atomic E-state index is 0.122. The minimum Gasteiger partial charge on any atom is -0.457 e. The van der Waals surface area contributed by atoms with Gasteiger partial charge < -0.3 is 4.74 Å². The average molecular weight is 425 g/mol. The Hall–Kier alpha value is -1.94. The molecule has 1 aliphatic rings. The Morgan fingerprint density at radius 3 is 2.32 bits per heavy atom. The van der Waals surface area contributed by atoms with Gasteiger partial charge in [0.15, 0.2) is 0 Å². The Kier molecular flexibility index (Phi) is 5.81. The number of sulfonamides is 2. The maximum Gasteiger partial charge on any atom is 0.240 e. The number of hydrogen-bond acceptors (Lipinski definition) is 5. The maximum atomic E-state index is 12.1. The molecule has 0 spiro atoms. The Bertz CT molecular complexity index is 1080. The number of nitrogens with one attached hydrogen (secondary N) is 2. The van der Waals surface area contributed by atoms with Crippen molar-refractivity contribution in [3.63, 3.8) is 0 Å². The molecule has 152 valence electrons. The molecule has 2 N–H and O–H groups in total. The van der Waals surface area contributed by atoms with E-state index in [0.29, 0.717) is 24.3 Å². The molecule has 0 unspecified atom stereocenters. The van der Waals surface area contributed by atoms with E-state index in [-0.39, 0.29) is 10.9 Å². The van der Waals surface area contributed by atoms with Gasteiger partial charge in [-0.15, -0.1) is 0 Å². The van der Waals surface area contributed by atoms with Gasteiger partial charge in [-0.2, -0.15) is 0 Å². The molecule has 0 amide bonds. The van der Waals surface area contributed by atoms with E-state index in [9.17, 15) is 16.8 Å². The van der Waals surface area contributed by atoms with Crippen LogP contribution in [0.5, 0.6) is 11.5 Å². The fourth-order valence-corrected chi connectivity index (χ4v) is 4.74. The minimum atomic E-state index is -3.55. The van der Waals surface area contributed by atoms with Crippen LogP contribution in [-0.4, -0.2) is 35.2 Å². The third-order valence-electron chi connectivity index (χ3n) is 4.68. The van der Waals surface area contributed by atoms with E-state index in [0.717, 1.165) is 11.1 Å². The van der Waals surface area contributed by atoms with Crippen LogP contribution in [0.1, 0.15) is 25.0 Å². The second kappa shape index (κ2) is 7.82. The van der Waals surface area contributed by atoms with Gasteiger partial charge in [0.25, 0.3) is 0 Å². The smallest absolute Gasteiger partial charge is 0.240 e. The van der Waals surface area contributed by atoms with Crippen molar-refractivity contribution in [3.05, 3.63) is 53.6 Å². The summed E-state index contributed by atoms with van der Waals surface area (Å²) in [5, 5.41) is -0.476. The van der Waals surface area contributed by atoms with Crippen molar-refractivity contribution in [2.75, 3.05) is 7.05 Å². The van der Waals surface area contributed by atoms with Crippen LogP contribution in [0, 0.1) is 0 Å². The Morgan fingerprint density at radius 1 is 0.964 bits per heavy atom. The largest absolute Gasteiger partial charge is 0.457 e. The van der Waals surface area contributed by atoms with Crippen LogP contribution in [0.2, 0.25) is 0 Å². The lowest BCUT2D eigenvalue weighted by Gasteiger charge is -2.14. The molecule has 28 heavy (non-hydrogen) atoms. The summed E-state index contributed by atoms with van der Waals surface area (Å²) in [5.41, 5.74) is 2.10. The lowest BCUT2D eigenvalue weighted by molar-refractivity contribution is 0.480. The molecular formula is C19H24N2O5S2. The predicted octanol–water partition coefficient (Wildman–Crippen LogP) is 2.18. The van der Waals surface area contributed by atoms with Gasteiger partial charge in [0.2, 0.25) is 20.0 Å². The van der Waals surface area contributed by atoms with Crippen LogP contribution in [0.3, 0.4) is 0 Å². The Labute approximate surface area is 166 Å². The molecule has 2 aromatic carbocycles. The number of rotatable bonds is 7. The van der Waals surface area contributed by atoms with E-state index >= 15 is 0 Å². The summed E-state index contributed by atoms with van der Waals surface area (Å²) in [6.45, 7) is 3.30. The first-order valence-electron chi connectivity index (χ1n) is 8.95. The van der Waals surface area contributed by atoms with Gasteiger partial charge >= 0.3 is 0 Å². The summed E-state index contributed by atoms with van der Waals surface area (Å²) >= 11 is 0. The van der Waals surface area contributed by atoms with E-state index in [2.05, 4.69) is 9.44 Å². The molecule has 1 aliphatic carbocycles. The van der Waals surface area contributed by atoms with Crippen LogP contribution in [0.4, 0.5) is 0 Å². The highest BCUT2D eigenvalue weighted by Crippen LogP contribution is 2.30. The van der Waals surface area contributed by atoms with E-state index < -0.39 is 25.3 Å². The van der Waals surface area contributed by atoms with Gasteiger partial charge in [-0.25, -0.2) is 26.3 Å². The molecular weight excluding hydrogens is 400 g/mol. The number of fused-ring (bicyclic) bond motifs is 1. The zero-order valence-corrected chi connectivity index (χ0v) is 17.6. The summed E-state index contributed by atoms with van der Waals surface area (Å²) in [6.07, 6.45) is 1.23. The van der Waals surface area contributed by atoms with Gasteiger partial charge in [-0.1, -0.05) is 12.1 Å². The van der Waals surface area contributed by atoms with Crippen LogP contribution >= 0.6 is 0 Å². The highest BCUT2D eigenvalue weighted by Gasteiger charge is 2.27. The first kappa shape index (κ1) is 20.8. The molecule has 0 bridgehead atoms. The molecule has 0 radical (unpaired) electrons. The van der Waals surface area contributed by atoms with Crippen molar-refractivity contribution in [2.24, 2.45) is 0 Å². The van der Waals surface area contributed by atoms with E-state index in [4.69, 9.17) is 4.74 Å². The van der Waals surface area contributed by atoms with Crippen molar-refractivity contribution >= 4 is 20.0 Å². The van der Waals surface area contributed by atoms with Crippen molar-refractivity contribution in [2.45, 2.75) is 42.9 Å². The van der Waals surface area contributed by atoms with Gasteiger partial charge in [0.05, 0.1) is 10.1 Å². The van der Waals surface area contributed by atoms with Crippen molar-refractivity contribution in [1.82, 2.24) is 9.44 Å². The molecule has 1 atom stereocenters. The second-order valence-electron chi connectivity index (χ2n) is 7.03. The van der Waals surface area contributed by atoms with Crippen molar-refractivity contribution in [3.8, 4) is 11.5 Å². The van der Waals surface area contributed by atoms with Crippen molar-refractivity contribution in [1.29, 1.82) is 0 Å². The molecule has 0 saturated carbocycles. The average Bonchev–Trinajstić information content (AvgIpc) is 3.02. The molecule has 7 nitrogen and oxygen atoms in total. The first-order valence-corrected chi connectivity index (χ1v) is 12.0. The van der Waals surface area contributed by atoms with Crippen LogP contribution in [0.15, 0.2) is 47.4 Å². The van der Waals surface area contributed by atoms with Crippen LogP contribution in [0.25, 0.3) is 0 Å². The molecule has 0 heterocycles. The maximum absolute atomic E-state index is 12.1. The standard InChI is InChI=1S/C19H24N2O5S2/c1-13(2)27(22,23)21-16-9-14-7-8-18(11-15(14)10-16)26-17-5-4-6-19(12-17)28(24,25)20-3/h4-8,11-13,16,20-21H,9-10H2,1-3H3/t16-/m1/s1. The predicted molar refractivity (Wildman–Crippen MR) is 108 cm³/mol. The highest BCUT2D eigenvalue weighted by molar-refractivity contribution is 7.90. The first-order chi connectivity index (χ1) is 13.1. The number of benzene rings is 2. The lowest BCUT2D eigenvalue weighted by Crippen LogP contribution is -2.39. The SMILES string of the molecule is CNS(=O)(=O)c1cccc(Oc2ccc3c(c2)C[C@H](NS(=O)(=O)C(C)C)C3)c1. The Balaban J connectivity index is 1.75. The fourth-order valence-electron chi connectivity index (χ4n) is 3.07. The molecule has 9 heteroatoms. The lowest BCUT2D eigenvalue weighted by atomic mass is 10.1. The number of ether oxygens (including phenoxy) is 1. The topological polar surface area (TPSA) is 102 Å². The monoisotopic (exact) mass is 424 g/mol. The second-order valence-corrected chi connectivity index (χ2v) is 11.2. The van der Waals surface area contributed by atoms with E-state index in [1.54, 1.807) is 32.0 Å². The van der Waals surface area contributed by atoms with E-state index in [1.165, 1.54) is 19.2 Å². The Morgan fingerprint density at radius 2 is 1.64 bits per heavy atom. The third-order valence-corrected chi connectivity index (χ3v) is 8.00. The summed E-state index contributed by atoms with van der Waals surface area (Å²) in [5.74, 6) is 0.983. The van der Waals surface area contributed by atoms with Gasteiger partial charge in [0.1, 0.15) is 11.5 Å². The zero-order chi connectivity index (χ0) is 20.5. The fraction of sp³-hybridized carbons (Fsp3) is 0.368. The van der Waals surface area contributed by atoms with Gasteiger partial charge in [-0.05, 0) is 69.1 Å². The summed E-state index contributed by atoms with van der Waals surface area (Å²) in [6, 6.07) is 11.7. The molecule has 0 aliphatic heterocycles. The molecule has 0 aromatic heterocycles. The third kappa shape index (κ3) is 4.54. The molecule has 2 aromatic rings. The molecule has 0 saturated heterocycles. The summed E-state index contributed by atoms with van der Waals surface area (Å²) in [4.78, 5) is 0.122. The van der Waals surface area contributed by atoms with Crippen LogP contribution in [-0.2, 0) is 32.9 Å². The number of hydrogen-bond donors (Lipinski definition) is 2. The van der Waals surface area contributed by atoms with Crippen LogP contribution < -0.4 is 14.2 Å². The van der Waals surface area contributed by atoms with E-state index in [1.807, 2.05) is 12.1 Å². The molecule has 3 rings (SSSR count). The summed E-state index contributed by atoms with van der Waals surface area (Å²) < 4.78 is 58.9. The quantitative estimate of drug-likeness (QED) is 0.709. The normalized spacial score (nSPS) is 16.9. The van der Waals surface area contributed by atoms with Gasteiger partial charge in [-0.3, -0.25) is 0 Å². The summed E-state index contributed by atoms with van der Waals surface area (Å²) in [7, 11) is -5.52.